The van der Waals surface area contributed by atoms with Gasteiger partial charge in [-0.3, -0.25) is 0 Å². The van der Waals surface area contributed by atoms with Crippen LogP contribution < -0.4 is 0 Å². The van der Waals surface area contributed by atoms with Crippen molar-refractivity contribution < 1.29 is 4.42 Å². The maximum atomic E-state index is 6.28. The first-order valence-electron chi connectivity index (χ1n) is 8.66. The number of oxazole rings is 1. The van der Waals surface area contributed by atoms with Crippen LogP contribution in [0, 0.1) is 0 Å². The number of hydrogen-bond donors (Lipinski definition) is 0. The Morgan fingerprint density at radius 1 is 0.700 bits per heavy atom. The first-order chi connectivity index (χ1) is 9.66. The van der Waals surface area contributed by atoms with Crippen LogP contribution in [0.5, 0.6) is 0 Å². The minimum Gasteiger partial charge on any atom is -0.445 e. The number of rotatable bonds is 9. The molecule has 0 aliphatic rings. The monoisotopic (exact) mass is 279 g/mol. The molecule has 116 valence electrons. The molecule has 1 rings (SSSR count). The van der Waals surface area contributed by atoms with Crippen molar-refractivity contribution in [1.82, 2.24) is 4.98 Å². The summed E-state index contributed by atoms with van der Waals surface area (Å²) in [5.41, 5.74) is 1.26. The molecule has 0 saturated carbocycles. The van der Waals surface area contributed by atoms with E-state index in [0.29, 0.717) is 17.8 Å². The van der Waals surface area contributed by atoms with Crippen molar-refractivity contribution in [1.29, 1.82) is 0 Å². The lowest BCUT2D eigenvalue weighted by molar-refractivity contribution is 0.377. The second-order valence-electron chi connectivity index (χ2n) is 5.84. The Balaban J connectivity index is 3.23. The molecule has 0 amide bonds. The highest BCUT2D eigenvalue weighted by atomic mass is 16.4. The van der Waals surface area contributed by atoms with Crippen LogP contribution >= 0.6 is 0 Å². The average molecular weight is 279 g/mol. The fourth-order valence-electron chi connectivity index (χ4n) is 3.09. The van der Waals surface area contributed by atoms with Gasteiger partial charge in [0.1, 0.15) is 5.76 Å². The standard InChI is InChI=1S/C18H33NO/c1-7-13(8-2)16-17(14(9-3)10-4)20-18(19-16)15(11-5)12-6/h13-15H,7-12H2,1-6H3. The van der Waals surface area contributed by atoms with Crippen molar-refractivity contribution >= 4 is 0 Å². The molecule has 0 unspecified atom stereocenters. The molecule has 0 aromatic carbocycles. The van der Waals surface area contributed by atoms with Crippen LogP contribution in [0.25, 0.3) is 0 Å². The van der Waals surface area contributed by atoms with E-state index in [1.54, 1.807) is 0 Å². The van der Waals surface area contributed by atoms with E-state index in [-0.39, 0.29) is 0 Å². The van der Waals surface area contributed by atoms with Crippen molar-refractivity contribution in [2.24, 2.45) is 0 Å². The van der Waals surface area contributed by atoms with E-state index in [0.717, 1.165) is 44.4 Å². The molecular weight excluding hydrogens is 246 g/mol. The van der Waals surface area contributed by atoms with Gasteiger partial charge in [0.05, 0.1) is 5.69 Å². The lowest BCUT2D eigenvalue weighted by atomic mass is 9.91. The van der Waals surface area contributed by atoms with Gasteiger partial charge in [0.15, 0.2) is 5.89 Å². The normalized spacial score (nSPS) is 12.1. The van der Waals surface area contributed by atoms with Gasteiger partial charge < -0.3 is 4.42 Å². The summed E-state index contributed by atoms with van der Waals surface area (Å²) in [6.45, 7) is 13.5. The Morgan fingerprint density at radius 2 is 1.15 bits per heavy atom. The van der Waals surface area contributed by atoms with Crippen LogP contribution in [0.2, 0.25) is 0 Å². The molecule has 0 spiro atoms. The Morgan fingerprint density at radius 3 is 1.55 bits per heavy atom. The lowest BCUT2D eigenvalue weighted by Gasteiger charge is -2.15. The van der Waals surface area contributed by atoms with Gasteiger partial charge in [0, 0.05) is 17.8 Å². The van der Waals surface area contributed by atoms with E-state index in [9.17, 15) is 0 Å². The summed E-state index contributed by atoms with van der Waals surface area (Å²) in [7, 11) is 0. The predicted octanol–water partition coefficient (Wildman–Crippen LogP) is 6.39. The Bertz CT molecular complexity index is 341. The maximum absolute atomic E-state index is 6.28. The van der Waals surface area contributed by atoms with Gasteiger partial charge in [0.25, 0.3) is 0 Å². The van der Waals surface area contributed by atoms with E-state index < -0.39 is 0 Å². The fourth-order valence-corrected chi connectivity index (χ4v) is 3.09. The summed E-state index contributed by atoms with van der Waals surface area (Å²) in [6, 6.07) is 0. The third-order valence-corrected chi connectivity index (χ3v) is 4.76. The molecule has 0 saturated heterocycles. The van der Waals surface area contributed by atoms with E-state index in [2.05, 4.69) is 41.5 Å². The van der Waals surface area contributed by atoms with Crippen LogP contribution in [-0.2, 0) is 0 Å². The molecular formula is C18H33NO. The van der Waals surface area contributed by atoms with Crippen LogP contribution in [0.15, 0.2) is 4.42 Å². The average Bonchev–Trinajstić information content (AvgIpc) is 2.88. The zero-order valence-electron chi connectivity index (χ0n) is 14.3. The summed E-state index contributed by atoms with van der Waals surface area (Å²) < 4.78 is 6.28. The van der Waals surface area contributed by atoms with Crippen LogP contribution in [-0.4, -0.2) is 4.98 Å². The SMILES string of the molecule is CCC(CC)c1nc(C(CC)CC)c(C(CC)CC)o1. The van der Waals surface area contributed by atoms with E-state index in [1.165, 1.54) is 11.5 Å². The van der Waals surface area contributed by atoms with Gasteiger partial charge in [0.2, 0.25) is 0 Å². The van der Waals surface area contributed by atoms with Gasteiger partial charge in [-0.25, -0.2) is 4.98 Å². The van der Waals surface area contributed by atoms with Gasteiger partial charge in [-0.15, -0.1) is 0 Å². The van der Waals surface area contributed by atoms with Gasteiger partial charge in [-0.1, -0.05) is 41.5 Å². The predicted molar refractivity (Wildman–Crippen MR) is 86.5 cm³/mol. The molecule has 0 N–H and O–H groups in total. The molecule has 2 heteroatoms. The molecule has 0 bridgehead atoms. The van der Waals surface area contributed by atoms with Crippen LogP contribution in [0.1, 0.15) is 115 Å². The summed E-state index contributed by atoms with van der Waals surface area (Å²) in [6.07, 6.45) is 6.81. The van der Waals surface area contributed by atoms with Crippen molar-refractivity contribution in [2.75, 3.05) is 0 Å². The summed E-state index contributed by atoms with van der Waals surface area (Å²) in [4.78, 5) is 4.94. The number of nitrogens with zero attached hydrogens (tertiary/aromatic N) is 1. The van der Waals surface area contributed by atoms with E-state index >= 15 is 0 Å². The van der Waals surface area contributed by atoms with Crippen molar-refractivity contribution in [3.8, 4) is 0 Å². The van der Waals surface area contributed by atoms with Crippen LogP contribution in [0.4, 0.5) is 0 Å². The molecule has 0 aliphatic carbocycles. The highest BCUT2D eigenvalue weighted by Gasteiger charge is 2.26. The Hall–Kier alpha value is -0.790. The topological polar surface area (TPSA) is 26.0 Å². The number of aromatic nitrogens is 1. The van der Waals surface area contributed by atoms with Crippen molar-refractivity contribution in [3.63, 3.8) is 0 Å². The van der Waals surface area contributed by atoms with E-state index in [4.69, 9.17) is 9.40 Å². The van der Waals surface area contributed by atoms with Gasteiger partial charge in [-0.05, 0) is 38.5 Å². The third-order valence-electron chi connectivity index (χ3n) is 4.76. The van der Waals surface area contributed by atoms with Crippen molar-refractivity contribution in [2.45, 2.75) is 97.8 Å². The Labute approximate surface area is 125 Å². The van der Waals surface area contributed by atoms with Crippen LogP contribution in [0.3, 0.4) is 0 Å². The second-order valence-corrected chi connectivity index (χ2v) is 5.84. The molecule has 20 heavy (non-hydrogen) atoms. The highest BCUT2D eigenvalue weighted by Crippen LogP contribution is 2.36. The lowest BCUT2D eigenvalue weighted by Crippen LogP contribution is -2.04. The third kappa shape index (κ3) is 3.65. The Kier molecular flexibility index (Phi) is 7.32. The molecule has 0 atom stereocenters. The molecule has 2 nitrogen and oxygen atoms in total. The largest absolute Gasteiger partial charge is 0.445 e. The fraction of sp³-hybridized carbons (Fsp3) is 0.833. The quantitative estimate of drug-likeness (QED) is 0.523. The minimum absolute atomic E-state index is 0.478. The van der Waals surface area contributed by atoms with E-state index in [1.807, 2.05) is 0 Å². The smallest absolute Gasteiger partial charge is 0.197 e. The first-order valence-corrected chi connectivity index (χ1v) is 8.66. The molecule has 1 aromatic heterocycles. The molecule has 0 radical (unpaired) electrons. The molecule has 0 fully saturated rings. The molecule has 1 heterocycles. The van der Waals surface area contributed by atoms with Crippen molar-refractivity contribution in [3.05, 3.63) is 17.3 Å². The zero-order chi connectivity index (χ0) is 15.1. The number of hydrogen-bond acceptors (Lipinski definition) is 2. The highest BCUT2D eigenvalue weighted by molar-refractivity contribution is 5.20. The minimum atomic E-state index is 0.478. The van der Waals surface area contributed by atoms with Gasteiger partial charge >= 0.3 is 0 Å². The maximum Gasteiger partial charge on any atom is 0.197 e. The first kappa shape index (κ1) is 17.3. The molecule has 0 aliphatic heterocycles. The summed E-state index contributed by atoms with van der Waals surface area (Å²) >= 11 is 0. The zero-order valence-corrected chi connectivity index (χ0v) is 14.3. The summed E-state index contributed by atoms with van der Waals surface area (Å²) in [5, 5.41) is 0. The second kappa shape index (κ2) is 8.49. The van der Waals surface area contributed by atoms with Gasteiger partial charge in [-0.2, -0.15) is 0 Å². The summed E-state index contributed by atoms with van der Waals surface area (Å²) in [5.74, 6) is 3.73. The molecule has 1 aromatic rings.